The zero-order valence-corrected chi connectivity index (χ0v) is 9.27. The molecule has 2 heteroatoms. The third-order valence-corrected chi connectivity index (χ3v) is 2.99. The van der Waals surface area contributed by atoms with E-state index in [1.54, 1.807) is 0 Å². The number of hydrogen-bond donors (Lipinski definition) is 1. The van der Waals surface area contributed by atoms with Crippen molar-refractivity contribution in [3.63, 3.8) is 0 Å². The van der Waals surface area contributed by atoms with Crippen LogP contribution < -0.4 is 5.32 Å². The number of hydrogen-bond acceptors (Lipinski definition) is 1. The molecule has 0 atom stereocenters. The summed E-state index contributed by atoms with van der Waals surface area (Å²) in [6.45, 7) is 4.03. The smallest absolute Gasteiger partial charge is 0.0444 e. The summed E-state index contributed by atoms with van der Waals surface area (Å²) in [5.41, 5.74) is 2.62. The number of rotatable bonds is 4. The number of nitrogens with one attached hydrogen (secondary N) is 1. The van der Waals surface area contributed by atoms with Crippen molar-refractivity contribution in [2.75, 3.05) is 6.54 Å². The van der Waals surface area contributed by atoms with Gasteiger partial charge in [0.25, 0.3) is 0 Å². The van der Waals surface area contributed by atoms with Crippen LogP contribution in [-0.2, 0) is 6.54 Å². The van der Waals surface area contributed by atoms with Gasteiger partial charge in [0, 0.05) is 11.6 Å². The lowest BCUT2D eigenvalue weighted by Crippen LogP contribution is -2.11. The lowest BCUT2D eigenvalue weighted by atomic mass is 10.1. The molecule has 1 aliphatic rings. The van der Waals surface area contributed by atoms with E-state index in [4.69, 9.17) is 11.6 Å². The van der Waals surface area contributed by atoms with Crippen LogP contribution in [0.25, 0.3) is 0 Å². The largest absolute Gasteiger partial charge is 0.313 e. The molecule has 0 saturated heterocycles. The first-order valence-corrected chi connectivity index (χ1v) is 5.68. The topological polar surface area (TPSA) is 12.0 Å². The second kappa shape index (κ2) is 4.33. The highest BCUT2D eigenvalue weighted by molar-refractivity contribution is 6.31. The molecule has 0 bridgehead atoms. The van der Waals surface area contributed by atoms with Crippen molar-refractivity contribution >= 4 is 11.6 Å². The molecule has 1 aromatic carbocycles. The van der Waals surface area contributed by atoms with E-state index < -0.39 is 0 Å². The summed E-state index contributed by atoms with van der Waals surface area (Å²) in [5.74, 6) is 0.746. The van der Waals surface area contributed by atoms with Crippen molar-refractivity contribution in [1.82, 2.24) is 5.32 Å². The Bertz CT molecular complexity index is 318. The minimum atomic E-state index is 0.746. The molecule has 0 aromatic heterocycles. The normalized spacial score (nSPS) is 15.9. The van der Waals surface area contributed by atoms with Gasteiger partial charge < -0.3 is 5.32 Å². The Morgan fingerprint density at radius 3 is 2.79 bits per heavy atom. The zero-order valence-electron chi connectivity index (χ0n) is 8.52. The van der Waals surface area contributed by atoms with Crippen LogP contribution in [-0.4, -0.2) is 6.54 Å². The van der Waals surface area contributed by atoms with Gasteiger partial charge in [-0.25, -0.2) is 0 Å². The molecule has 0 radical (unpaired) electrons. The molecule has 1 saturated carbocycles. The fourth-order valence-corrected chi connectivity index (χ4v) is 2.03. The number of benzene rings is 1. The fraction of sp³-hybridized carbons (Fsp3) is 0.500. The molecule has 14 heavy (non-hydrogen) atoms. The van der Waals surface area contributed by atoms with E-state index in [1.807, 2.05) is 0 Å². The Morgan fingerprint density at radius 2 is 2.21 bits per heavy atom. The predicted octanol–water partition coefficient (Wildman–Crippen LogP) is 3.33. The monoisotopic (exact) mass is 209 g/mol. The molecule has 0 unspecified atom stereocenters. The first-order valence-electron chi connectivity index (χ1n) is 5.30. The Balaban J connectivity index is 2.09. The molecule has 76 valence electrons. The maximum absolute atomic E-state index is 6.22. The van der Waals surface area contributed by atoms with Crippen molar-refractivity contribution in [3.05, 3.63) is 34.3 Å². The van der Waals surface area contributed by atoms with Crippen LogP contribution in [0.2, 0.25) is 5.02 Å². The Kier molecular flexibility index (Phi) is 3.09. The van der Waals surface area contributed by atoms with Gasteiger partial charge in [-0.3, -0.25) is 0 Å². The van der Waals surface area contributed by atoms with Gasteiger partial charge in [0.15, 0.2) is 0 Å². The van der Waals surface area contributed by atoms with E-state index in [0.29, 0.717) is 0 Å². The summed E-state index contributed by atoms with van der Waals surface area (Å²) in [7, 11) is 0. The van der Waals surface area contributed by atoms with Crippen molar-refractivity contribution in [1.29, 1.82) is 0 Å². The standard InChI is InChI=1S/C12H16ClN/c1-2-14-8-9-3-6-11(10-4-5-10)12(13)7-9/h3,6-7,10,14H,2,4-5,8H2,1H3. The first-order chi connectivity index (χ1) is 6.81. The molecule has 0 spiro atoms. The van der Waals surface area contributed by atoms with Gasteiger partial charge in [-0.05, 0) is 42.5 Å². The van der Waals surface area contributed by atoms with Crippen molar-refractivity contribution in [2.24, 2.45) is 0 Å². The van der Waals surface area contributed by atoms with Crippen LogP contribution in [0.3, 0.4) is 0 Å². The van der Waals surface area contributed by atoms with E-state index in [9.17, 15) is 0 Å². The van der Waals surface area contributed by atoms with Crippen LogP contribution in [0.15, 0.2) is 18.2 Å². The van der Waals surface area contributed by atoms with Gasteiger partial charge in [0.2, 0.25) is 0 Å². The lowest BCUT2D eigenvalue weighted by Gasteiger charge is -2.06. The molecule has 1 fully saturated rings. The Labute approximate surface area is 90.5 Å². The quantitative estimate of drug-likeness (QED) is 0.802. The molecule has 1 N–H and O–H groups in total. The highest BCUT2D eigenvalue weighted by Gasteiger charge is 2.25. The molecular formula is C12H16ClN. The maximum Gasteiger partial charge on any atom is 0.0444 e. The highest BCUT2D eigenvalue weighted by atomic mass is 35.5. The summed E-state index contributed by atoms with van der Waals surface area (Å²) in [6, 6.07) is 6.47. The minimum Gasteiger partial charge on any atom is -0.313 e. The van der Waals surface area contributed by atoms with Gasteiger partial charge in [0.05, 0.1) is 0 Å². The minimum absolute atomic E-state index is 0.746. The van der Waals surface area contributed by atoms with E-state index in [0.717, 1.165) is 24.0 Å². The maximum atomic E-state index is 6.22. The molecule has 1 aromatic rings. The summed E-state index contributed by atoms with van der Waals surface area (Å²) >= 11 is 6.22. The molecule has 2 rings (SSSR count). The molecule has 1 nitrogen and oxygen atoms in total. The van der Waals surface area contributed by atoms with E-state index in [2.05, 4.69) is 30.4 Å². The average molecular weight is 210 g/mol. The van der Waals surface area contributed by atoms with Crippen LogP contribution in [0.1, 0.15) is 36.8 Å². The van der Waals surface area contributed by atoms with Gasteiger partial charge in [-0.1, -0.05) is 30.7 Å². The summed E-state index contributed by atoms with van der Waals surface area (Å²) in [4.78, 5) is 0. The molecule has 1 aliphatic carbocycles. The highest BCUT2D eigenvalue weighted by Crippen LogP contribution is 2.43. The Hall–Kier alpha value is -0.530. The summed E-state index contributed by atoms with van der Waals surface area (Å²) in [5, 5.41) is 4.24. The van der Waals surface area contributed by atoms with Crippen LogP contribution in [0, 0.1) is 0 Å². The van der Waals surface area contributed by atoms with Crippen molar-refractivity contribution < 1.29 is 0 Å². The van der Waals surface area contributed by atoms with Gasteiger partial charge in [-0.15, -0.1) is 0 Å². The zero-order chi connectivity index (χ0) is 9.97. The van der Waals surface area contributed by atoms with Gasteiger partial charge in [0.1, 0.15) is 0 Å². The third-order valence-electron chi connectivity index (χ3n) is 2.66. The van der Waals surface area contributed by atoms with Gasteiger partial charge in [-0.2, -0.15) is 0 Å². The van der Waals surface area contributed by atoms with Crippen LogP contribution in [0.4, 0.5) is 0 Å². The molecule has 0 heterocycles. The average Bonchev–Trinajstić information content (AvgIpc) is 2.98. The van der Waals surface area contributed by atoms with Crippen LogP contribution >= 0.6 is 11.6 Å². The summed E-state index contributed by atoms with van der Waals surface area (Å²) < 4.78 is 0. The molecule has 0 amide bonds. The van der Waals surface area contributed by atoms with Gasteiger partial charge >= 0.3 is 0 Å². The van der Waals surface area contributed by atoms with Crippen LogP contribution in [0.5, 0.6) is 0 Å². The van der Waals surface area contributed by atoms with E-state index in [1.165, 1.54) is 24.0 Å². The third kappa shape index (κ3) is 2.28. The molecule has 0 aliphatic heterocycles. The lowest BCUT2D eigenvalue weighted by molar-refractivity contribution is 0.726. The summed E-state index contributed by atoms with van der Waals surface area (Å²) in [6.07, 6.45) is 2.62. The van der Waals surface area contributed by atoms with Crippen molar-refractivity contribution in [3.8, 4) is 0 Å². The second-order valence-corrected chi connectivity index (χ2v) is 4.32. The van der Waals surface area contributed by atoms with E-state index in [-0.39, 0.29) is 0 Å². The van der Waals surface area contributed by atoms with E-state index >= 15 is 0 Å². The number of halogens is 1. The molecular weight excluding hydrogens is 194 g/mol. The van der Waals surface area contributed by atoms with Crippen molar-refractivity contribution in [2.45, 2.75) is 32.2 Å². The second-order valence-electron chi connectivity index (χ2n) is 3.91. The predicted molar refractivity (Wildman–Crippen MR) is 60.8 cm³/mol. The fourth-order valence-electron chi connectivity index (χ4n) is 1.68. The Morgan fingerprint density at radius 1 is 1.43 bits per heavy atom. The SMILES string of the molecule is CCNCc1ccc(C2CC2)c(Cl)c1. The first kappa shape index (κ1) is 10.0.